The van der Waals surface area contributed by atoms with E-state index in [0.717, 1.165) is 40.8 Å². The largest absolute Gasteiger partial charge is 0.497 e. The summed E-state index contributed by atoms with van der Waals surface area (Å²) < 4.78 is 5.27. The summed E-state index contributed by atoms with van der Waals surface area (Å²) in [6.45, 7) is 2.17. The van der Waals surface area contributed by atoms with Gasteiger partial charge in [-0.15, -0.1) is 0 Å². The van der Waals surface area contributed by atoms with E-state index in [-0.39, 0.29) is 24.6 Å². The van der Waals surface area contributed by atoms with E-state index in [2.05, 4.69) is 10.8 Å². The average Bonchev–Trinajstić information content (AvgIpc) is 2.94. The number of hydrogen-bond acceptors (Lipinski definition) is 6. The van der Waals surface area contributed by atoms with Crippen molar-refractivity contribution in [2.75, 3.05) is 13.7 Å². The van der Waals surface area contributed by atoms with E-state index in [0.29, 0.717) is 26.2 Å². The number of rotatable bonds is 11. The predicted molar refractivity (Wildman–Crippen MR) is 139 cm³/mol. The minimum Gasteiger partial charge on any atom is -0.497 e. The summed E-state index contributed by atoms with van der Waals surface area (Å²) in [4.78, 5) is 21.2. The van der Waals surface area contributed by atoms with E-state index in [1.807, 2.05) is 83.8 Å². The summed E-state index contributed by atoms with van der Waals surface area (Å²) in [6.07, 6.45) is 1.58. The van der Waals surface area contributed by atoms with Crippen molar-refractivity contribution in [1.29, 1.82) is 0 Å². The molecule has 0 saturated carbocycles. The predicted octanol–water partition coefficient (Wildman–Crippen LogP) is 3.56. The second-order valence-corrected chi connectivity index (χ2v) is 9.14. The van der Waals surface area contributed by atoms with Gasteiger partial charge in [0.1, 0.15) is 5.75 Å². The van der Waals surface area contributed by atoms with Crippen molar-refractivity contribution in [2.45, 2.75) is 51.2 Å². The lowest BCUT2D eigenvalue weighted by Gasteiger charge is -2.33. The molecule has 0 radical (unpaired) electrons. The van der Waals surface area contributed by atoms with Gasteiger partial charge in [0.05, 0.1) is 26.4 Å². The summed E-state index contributed by atoms with van der Waals surface area (Å²) in [5.41, 5.74) is 7.18. The third kappa shape index (κ3) is 7.38. The first-order valence-electron chi connectivity index (χ1n) is 12.4. The number of carbonyl (C=O) groups is 1. The Morgan fingerprint density at radius 2 is 1.56 bits per heavy atom. The van der Waals surface area contributed by atoms with Gasteiger partial charge < -0.3 is 20.1 Å². The first-order valence-corrected chi connectivity index (χ1v) is 12.4. The van der Waals surface area contributed by atoms with Crippen LogP contribution in [-0.2, 0) is 35.9 Å². The Hall–Kier alpha value is -3.23. The molecule has 3 aromatic carbocycles. The first-order chi connectivity index (χ1) is 17.6. The van der Waals surface area contributed by atoms with Crippen LogP contribution in [0.1, 0.15) is 35.1 Å². The highest BCUT2D eigenvalue weighted by Crippen LogP contribution is 2.19. The molecule has 2 atom stereocenters. The lowest BCUT2D eigenvalue weighted by Crippen LogP contribution is -2.54. The van der Waals surface area contributed by atoms with Crippen LogP contribution in [0.5, 0.6) is 5.75 Å². The normalized spacial score (nSPS) is 17.5. The molecule has 7 heteroatoms. The highest BCUT2D eigenvalue weighted by atomic mass is 16.6. The maximum absolute atomic E-state index is 13.6. The molecule has 1 amide bonds. The van der Waals surface area contributed by atoms with Crippen molar-refractivity contribution in [2.24, 2.45) is 0 Å². The third-order valence-electron chi connectivity index (χ3n) is 6.47. The number of ether oxygens (including phenoxy) is 1. The van der Waals surface area contributed by atoms with Gasteiger partial charge in [0.15, 0.2) is 0 Å². The summed E-state index contributed by atoms with van der Waals surface area (Å²) >= 11 is 0. The maximum Gasteiger partial charge on any atom is 0.240 e. The molecule has 7 nitrogen and oxygen atoms in total. The number of nitrogens with zero attached hydrogens (tertiary/aromatic N) is 1. The van der Waals surface area contributed by atoms with Gasteiger partial charge in [0.2, 0.25) is 5.91 Å². The molecular weight excluding hydrogens is 454 g/mol. The minimum atomic E-state index is -0.243. The number of hydrogen-bond donors (Lipinski definition) is 3. The van der Waals surface area contributed by atoms with Gasteiger partial charge in [-0.05, 0) is 47.2 Å². The number of aliphatic hydroxyl groups is 1. The number of amides is 1. The molecule has 190 valence electrons. The lowest BCUT2D eigenvalue weighted by atomic mass is 9.99. The van der Waals surface area contributed by atoms with Crippen LogP contribution in [0.2, 0.25) is 0 Å². The van der Waals surface area contributed by atoms with Crippen molar-refractivity contribution < 1.29 is 19.5 Å². The molecule has 0 aromatic heterocycles. The number of methoxy groups -OCH3 is 1. The fourth-order valence-corrected chi connectivity index (χ4v) is 4.34. The molecule has 3 aromatic rings. The molecule has 36 heavy (non-hydrogen) atoms. The number of carbonyl (C=O) groups excluding carboxylic acids is 1. The molecule has 0 unspecified atom stereocenters. The number of piperidine rings is 1. The van der Waals surface area contributed by atoms with E-state index in [1.165, 1.54) is 0 Å². The molecule has 1 aliphatic heterocycles. The maximum atomic E-state index is 13.6. The van der Waals surface area contributed by atoms with E-state index in [4.69, 9.17) is 9.57 Å². The van der Waals surface area contributed by atoms with Crippen molar-refractivity contribution >= 4 is 5.91 Å². The van der Waals surface area contributed by atoms with Gasteiger partial charge in [0, 0.05) is 25.7 Å². The van der Waals surface area contributed by atoms with Crippen molar-refractivity contribution in [1.82, 2.24) is 15.7 Å². The van der Waals surface area contributed by atoms with Gasteiger partial charge in [0.25, 0.3) is 0 Å². The lowest BCUT2D eigenvalue weighted by molar-refractivity contribution is -0.135. The van der Waals surface area contributed by atoms with Crippen LogP contribution in [0.25, 0.3) is 0 Å². The molecule has 1 heterocycles. The number of benzene rings is 3. The molecule has 1 fully saturated rings. The van der Waals surface area contributed by atoms with Gasteiger partial charge in [-0.25, -0.2) is 0 Å². The molecule has 0 bridgehead atoms. The SMILES string of the molecule is COc1ccc(CN(Cc2ccc(CO)cc2)C(=O)[C@@H]2CC[C@@H](NOCc3ccccc3)CN2)cc1. The second kappa shape index (κ2) is 13.2. The Kier molecular flexibility index (Phi) is 9.47. The van der Waals surface area contributed by atoms with Crippen LogP contribution in [0.3, 0.4) is 0 Å². The Labute approximate surface area is 213 Å². The fourth-order valence-electron chi connectivity index (χ4n) is 4.34. The average molecular weight is 490 g/mol. The zero-order valence-electron chi connectivity index (χ0n) is 20.7. The topological polar surface area (TPSA) is 83.1 Å². The van der Waals surface area contributed by atoms with Gasteiger partial charge in [-0.1, -0.05) is 66.7 Å². The Morgan fingerprint density at radius 1 is 0.917 bits per heavy atom. The highest BCUT2D eigenvalue weighted by molar-refractivity contribution is 5.82. The van der Waals surface area contributed by atoms with E-state index in [1.54, 1.807) is 7.11 Å². The molecular formula is C29H35N3O4. The first kappa shape index (κ1) is 25.9. The monoisotopic (exact) mass is 489 g/mol. The summed E-state index contributed by atoms with van der Waals surface area (Å²) in [5.74, 6) is 0.874. The van der Waals surface area contributed by atoms with Crippen LogP contribution in [-0.4, -0.2) is 41.7 Å². The molecule has 4 rings (SSSR count). The fraction of sp³-hybridized carbons (Fsp3) is 0.345. The van der Waals surface area contributed by atoms with Gasteiger partial charge in [-0.3, -0.25) is 9.63 Å². The second-order valence-electron chi connectivity index (χ2n) is 9.14. The van der Waals surface area contributed by atoms with Crippen LogP contribution < -0.4 is 15.5 Å². The van der Waals surface area contributed by atoms with Crippen molar-refractivity contribution in [3.05, 3.63) is 101 Å². The smallest absolute Gasteiger partial charge is 0.240 e. The van der Waals surface area contributed by atoms with Gasteiger partial charge in [-0.2, -0.15) is 5.48 Å². The molecule has 0 spiro atoms. The van der Waals surface area contributed by atoms with E-state index >= 15 is 0 Å². The van der Waals surface area contributed by atoms with Gasteiger partial charge >= 0.3 is 0 Å². The minimum absolute atomic E-state index is 0.00499. The standard InChI is InChI=1S/C29H35N3O4/c1-35-27-14-11-23(12-15-27)19-32(18-22-7-9-24(20-33)10-8-22)29(34)28-16-13-26(17-30-28)31-36-21-25-5-3-2-4-6-25/h2-12,14-15,26,28,30-31,33H,13,16-21H2,1H3/t26-,28+/m1/s1. The summed E-state index contributed by atoms with van der Waals surface area (Å²) in [5, 5.41) is 12.8. The Bertz CT molecular complexity index is 1020. The van der Waals surface area contributed by atoms with E-state index in [9.17, 15) is 9.90 Å². The molecule has 1 saturated heterocycles. The summed E-state index contributed by atoms with van der Waals surface area (Å²) in [7, 11) is 1.64. The molecule has 3 N–H and O–H groups in total. The Morgan fingerprint density at radius 3 is 2.14 bits per heavy atom. The number of aliphatic hydroxyl groups excluding tert-OH is 1. The zero-order chi connectivity index (χ0) is 25.2. The van der Waals surface area contributed by atoms with Crippen LogP contribution in [0.15, 0.2) is 78.9 Å². The number of hydroxylamine groups is 1. The third-order valence-corrected chi connectivity index (χ3v) is 6.47. The Balaban J connectivity index is 1.35. The van der Waals surface area contributed by atoms with Crippen LogP contribution in [0.4, 0.5) is 0 Å². The quantitative estimate of drug-likeness (QED) is 0.357. The van der Waals surface area contributed by atoms with Crippen LogP contribution >= 0.6 is 0 Å². The highest BCUT2D eigenvalue weighted by Gasteiger charge is 2.29. The van der Waals surface area contributed by atoms with Crippen LogP contribution in [0, 0.1) is 0 Å². The van der Waals surface area contributed by atoms with E-state index < -0.39 is 0 Å². The van der Waals surface area contributed by atoms with Crippen molar-refractivity contribution in [3.8, 4) is 5.75 Å². The molecule has 1 aliphatic rings. The summed E-state index contributed by atoms with van der Waals surface area (Å²) in [6, 6.07) is 25.5. The van der Waals surface area contributed by atoms with Crippen molar-refractivity contribution in [3.63, 3.8) is 0 Å². The number of nitrogens with one attached hydrogen (secondary N) is 2. The molecule has 0 aliphatic carbocycles. The zero-order valence-corrected chi connectivity index (χ0v) is 20.7.